The van der Waals surface area contributed by atoms with Crippen LogP contribution in [0.5, 0.6) is 0 Å². The van der Waals surface area contributed by atoms with Crippen LogP contribution in [0.2, 0.25) is 0 Å². The van der Waals surface area contributed by atoms with Gasteiger partial charge >= 0.3 is 0 Å². The predicted octanol–water partition coefficient (Wildman–Crippen LogP) is 4.57. The quantitative estimate of drug-likeness (QED) is 0.582. The summed E-state index contributed by atoms with van der Waals surface area (Å²) in [7, 11) is 0. The number of rotatable bonds is 1. The molecule has 2 rings (SSSR count). The van der Waals surface area contributed by atoms with Gasteiger partial charge in [0.05, 0.1) is 0 Å². The van der Waals surface area contributed by atoms with Gasteiger partial charge in [-0.05, 0) is 49.5 Å². The highest BCUT2D eigenvalue weighted by atomic mass is 14.3. The molecular weight excluding hydrogens is 180 g/mol. The zero-order chi connectivity index (χ0) is 11.2. The standard InChI is InChI=1S/C15H20/c1-10-7-6-8-13(10)14-9-15(4,5)12(3)11(14)2/h6-7,9H,8H2,1-5H3. The lowest BCUT2D eigenvalue weighted by atomic mass is 9.88. The van der Waals surface area contributed by atoms with Crippen LogP contribution in [0.1, 0.15) is 41.0 Å². The minimum absolute atomic E-state index is 0.245. The summed E-state index contributed by atoms with van der Waals surface area (Å²) in [4.78, 5) is 0. The highest BCUT2D eigenvalue weighted by Crippen LogP contribution is 2.44. The molecule has 2 aliphatic carbocycles. The van der Waals surface area contributed by atoms with Crippen molar-refractivity contribution in [1.29, 1.82) is 0 Å². The SMILES string of the molecule is CC1=C(C2=CC(C)(C)C(C)=C2C)CC=C1. The largest absolute Gasteiger partial charge is 0.0798 e. The fourth-order valence-corrected chi connectivity index (χ4v) is 2.51. The maximum absolute atomic E-state index is 2.43. The van der Waals surface area contributed by atoms with E-state index in [9.17, 15) is 0 Å². The van der Waals surface area contributed by atoms with Crippen LogP contribution in [0.15, 0.2) is 46.1 Å². The molecule has 0 atom stereocenters. The average Bonchev–Trinajstić information content (AvgIpc) is 2.65. The van der Waals surface area contributed by atoms with E-state index < -0.39 is 0 Å². The van der Waals surface area contributed by atoms with Crippen LogP contribution >= 0.6 is 0 Å². The molecule has 0 N–H and O–H groups in total. The number of allylic oxidation sites excluding steroid dienone is 8. The van der Waals surface area contributed by atoms with E-state index in [0.717, 1.165) is 6.42 Å². The zero-order valence-electron chi connectivity index (χ0n) is 10.4. The predicted molar refractivity (Wildman–Crippen MR) is 66.7 cm³/mol. The van der Waals surface area contributed by atoms with E-state index in [-0.39, 0.29) is 5.41 Å². The van der Waals surface area contributed by atoms with Gasteiger partial charge in [-0.25, -0.2) is 0 Å². The molecule has 0 nitrogen and oxygen atoms in total. The van der Waals surface area contributed by atoms with E-state index >= 15 is 0 Å². The van der Waals surface area contributed by atoms with Crippen LogP contribution in [0.4, 0.5) is 0 Å². The molecule has 0 saturated carbocycles. The summed E-state index contributed by atoms with van der Waals surface area (Å²) in [5, 5.41) is 0. The Hall–Kier alpha value is -1.04. The van der Waals surface area contributed by atoms with Gasteiger partial charge in [0.2, 0.25) is 0 Å². The summed E-state index contributed by atoms with van der Waals surface area (Å²) in [6.45, 7) is 11.3. The van der Waals surface area contributed by atoms with Crippen molar-refractivity contribution in [2.75, 3.05) is 0 Å². The van der Waals surface area contributed by atoms with Gasteiger partial charge in [0, 0.05) is 5.41 Å². The third kappa shape index (κ3) is 1.52. The number of hydrogen-bond donors (Lipinski definition) is 0. The molecule has 0 aliphatic heterocycles. The Bertz CT molecular complexity index is 423. The average molecular weight is 200 g/mol. The Kier molecular flexibility index (Phi) is 2.26. The van der Waals surface area contributed by atoms with Gasteiger partial charge in [0.25, 0.3) is 0 Å². The van der Waals surface area contributed by atoms with E-state index in [0.29, 0.717) is 0 Å². The maximum atomic E-state index is 2.43. The van der Waals surface area contributed by atoms with Crippen molar-refractivity contribution in [2.45, 2.75) is 41.0 Å². The Balaban J connectivity index is 2.47. The second kappa shape index (κ2) is 3.23. The molecule has 0 fully saturated rings. The van der Waals surface area contributed by atoms with Crippen LogP contribution in [0.25, 0.3) is 0 Å². The Morgan fingerprint density at radius 1 is 1.13 bits per heavy atom. The van der Waals surface area contributed by atoms with Crippen LogP contribution in [0.3, 0.4) is 0 Å². The normalized spacial score (nSPS) is 24.2. The summed E-state index contributed by atoms with van der Waals surface area (Å²) in [5.74, 6) is 0. The van der Waals surface area contributed by atoms with E-state index in [1.807, 2.05) is 0 Å². The second-order valence-corrected chi connectivity index (χ2v) is 5.30. The lowest BCUT2D eigenvalue weighted by molar-refractivity contribution is 0.588. The summed E-state index contributed by atoms with van der Waals surface area (Å²) in [6.07, 6.45) is 8.05. The molecule has 0 aromatic heterocycles. The van der Waals surface area contributed by atoms with Gasteiger partial charge in [-0.1, -0.05) is 37.6 Å². The summed E-state index contributed by atoms with van der Waals surface area (Å²) in [5.41, 5.74) is 7.70. The monoisotopic (exact) mass is 200 g/mol. The molecule has 80 valence electrons. The lowest BCUT2D eigenvalue weighted by Crippen LogP contribution is -2.05. The van der Waals surface area contributed by atoms with Crippen LogP contribution in [-0.4, -0.2) is 0 Å². The first-order chi connectivity index (χ1) is 6.93. The molecule has 0 bridgehead atoms. The van der Waals surface area contributed by atoms with Gasteiger partial charge in [0.15, 0.2) is 0 Å². The van der Waals surface area contributed by atoms with Crippen molar-refractivity contribution < 1.29 is 0 Å². The molecule has 0 heterocycles. The first kappa shape index (κ1) is 10.5. The van der Waals surface area contributed by atoms with Crippen molar-refractivity contribution in [3.05, 3.63) is 46.1 Å². The van der Waals surface area contributed by atoms with E-state index in [2.05, 4.69) is 52.8 Å². The lowest BCUT2D eigenvalue weighted by Gasteiger charge is -2.17. The van der Waals surface area contributed by atoms with Gasteiger partial charge in [-0.3, -0.25) is 0 Å². The molecule has 2 aliphatic rings. The highest BCUT2D eigenvalue weighted by Gasteiger charge is 2.29. The molecular formula is C15H20. The molecule has 0 heteroatoms. The van der Waals surface area contributed by atoms with Gasteiger partial charge < -0.3 is 0 Å². The molecule has 0 unspecified atom stereocenters. The molecule has 0 aromatic rings. The summed E-state index contributed by atoms with van der Waals surface area (Å²) >= 11 is 0. The maximum Gasteiger partial charge on any atom is 0.00465 e. The fourth-order valence-electron chi connectivity index (χ4n) is 2.51. The van der Waals surface area contributed by atoms with Gasteiger partial charge in [-0.2, -0.15) is 0 Å². The smallest absolute Gasteiger partial charge is 0.00465 e. The Labute approximate surface area is 93.1 Å². The molecule has 15 heavy (non-hydrogen) atoms. The highest BCUT2D eigenvalue weighted by molar-refractivity contribution is 5.59. The summed E-state index contributed by atoms with van der Waals surface area (Å²) in [6, 6.07) is 0. The molecule has 0 spiro atoms. The fraction of sp³-hybridized carbons (Fsp3) is 0.467. The summed E-state index contributed by atoms with van der Waals surface area (Å²) < 4.78 is 0. The first-order valence-electron chi connectivity index (χ1n) is 5.71. The van der Waals surface area contributed by atoms with Gasteiger partial charge in [-0.15, -0.1) is 0 Å². The third-order valence-corrected chi connectivity index (χ3v) is 3.93. The second-order valence-electron chi connectivity index (χ2n) is 5.30. The zero-order valence-corrected chi connectivity index (χ0v) is 10.4. The van der Waals surface area contributed by atoms with Crippen molar-refractivity contribution in [3.8, 4) is 0 Å². The minimum Gasteiger partial charge on any atom is -0.0798 e. The van der Waals surface area contributed by atoms with Crippen LogP contribution in [-0.2, 0) is 0 Å². The van der Waals surface area contributed by atoms with E-state index in [4.69, 9.17) is 0 Å². The molecule has 0 radical (unpaired) electrons. The van der Waals surface area contributed by atoms with Crippen LogP contribution < -0.4 is 0 Å². The van der Waals surface area contributed by atoms with E-state index in [1.54, 1.807) is 0 Å². The number of hydrogen-bond acceptors (Lipinski definition) is 0. The van der Waals surface area contributed by atoms with Gasteiger partial charge in [0.1, 0.15) is 0 Å². The third-order valence-electron chi connectivity index (χ3n) is 3.93. The van der Waals surface area contributed by atoms with Crippen LogP contribution in [0, 0.1) is 5.41 Å². The van der Waals surface area contributed by atoms with E-state index in [1.165, 1.54) is 27.9 Å². The molecule has 0 amide bonds. The molecule has 0 saturated heterocycles. The minimum atomic E-state index is 0.245. The topological polar surface area (TPSA) is 0 Å². The molecule has 0 aromatic carbocycles. The van der Waals surface area contributed by atoms with Crippen molar-refractivity contribution in [3.63, 3.8) is 0 Å². The van der Waals surface area contributed by atoms with Crippen molar-refractivity contribution >= 4 is 0 Å². The Morgan fingerprint density at radius 2 is 1.80 bits per heavy atom. The van der Waals surface area contributed by atoms with Crippen molar-refractivity contribution in [2.24, 2.45) is 5.41 Å². The first-order valence-corrected chi connectivity index (χ1v) is 5.71. The Morgan fingerprint density at radius 3 is 2.20 bits per heavy atom. The van der Waals surface area contributed by atoms with Crippen molar-refractivity contribution in [1.82, 2.24) is 0 Å².